The van der Waals surface area contributed by atoms with Crippen LogP contribution in [0.15, 0.2) is 48.6 Å². The van der Waals surface area contributed by atoms with E-state index in [1.807, 2.05) is 12.1 Å². The van der Waals surface area contributed by atoms with Crippen molar-refractivity contribution in [1.29, 1.82) is 0 Å². The van der Waals surface area contributed by atoms with Gasteiger partial charge in [0.1, 0.15) is 11.5 Å². The monoisotopic (exact) mass is 402 g/mol. The van der Waals surface area contributed by atoms with E-state index in [0.29, 0.717) is 16.9 Å². The van der Waals surface area contributed by atoms with E-state index in [2.05, 4.69) is 12.1 Å². The number of aryl methyl sites for hydroxylation is 1. The van der Waals surface area contributed by atoms with Gasteiger partial charge in [0.25, 0.3) is 5.79 Å². The molecule has 2 aromatic rings. The van der Waals surface area contributed by atoms with Crippen LogP contribution >= 0.6 is 0 Å². The molecule has 5 rings (SSSR count). The van der Waals surface area contributed by atoms with Crippen molar-refractivity contribution in [3.8, 4) is 11.5 Å². The first kappa shape index (κ1) is 18.8. The van der Waals surface area contributed by atoms with Crippen LogP contribution in [0.25, 0.3) is 5.57 Å². The zero-order valence-corrected chi connectivity index (χ0v) is 17.1. The number of hydrogen-bond acceptors (Lipinski definition) is 5. The highest BCUT2D eigenvalue weighted by atomic mass is 16.6. The summed E-state index contributed by atoms with van der Waals surface area (Å²) < 4.78 is 11.7. The largest absolute Gasteiger partial charge is 0.454 e. The minimum Gasteiger partial charge on any atom is -0.454 e. The second-order valence-electron chi connectivity index (χ2n) is 8.94. The van der Waals surface area contributed by atoms with E-state index in [0.717, 1.165) is 29.5 Å². The lowest BCUT2D eigenvalue weighted by Crippen LogP contribution is -2.36. The predicted octanol–water partition coefficient (Wildman–Crippen LogP) is 4.31. The Balaban J connectivity index is 1.78. The van der Waals surface area contributed by atoms with Gasteiger partial charge in [-0.2, -0.15) is 0 Å². The summed E-state index contributed by atoms with van der Waals surface area (Å²) in [5, 5.41) is 11.5. The second-order valence-corrected chi connectivity index (χ2v) is 8.94. The lowest BCUT2D eigenvalue weighted by molar-refractivity contribution is -0.143. The van der Waals surface area contributed by atoms with E-state index >= 15 is 0 Å². The summed E-state index contributed by atoms with van der Waals surface area (Å²) in [6.07, 6.45) is 6.49. The highest BCUT2D eigenvalue weighted by Gasteiger charge is 2.44. The Kier molecular flexibility index (Phi) is 3.86. The standard InChI is InChI=1S/C25H22O5/c1-24(2,3)23(27)29-18-11-10-16-15-8-4-6-14-7-5-9-19(20(14)15)30-25(28)13-12-17(26)21(18)22(16)25/h5,7-13,28H,4,6H2,1-3H3. The molecule has 2 aromatic carbocycles. The number of rotatable bonds is 1. The highest BCUT2D eigenvalue weighted by Crippen LogP contribution is 2.50. The molecule has 0 fully saturated rings. The fraction of sp³-hybridized carbons (Fsp3) is 0.280. The van der Waals surface area contributed by atoms with E-state index in [1.54, 1.807) is 32.9 Å². The maximum Gasteiger partial charge on any atom is 0.316 e. The minimum atomic E-state index is -1.84. The van der Waals surface area contributed by atoms with Crippen molar-refractivity contribution in [1.82, 2.24) is 0 Å². The summed E-state index contributed by atoms with van der Waals surface area (Å²) >= 11 is 0. The van der Waals surface area contributed by atoms with Gasteiger partial charge in [-0.3, -0.25) is 9.59 Å². The molecule has 0 saturated heterocycles. The van der Waals surface area contributed by atoms with Crippen LogP contribution in [0.2, 0.25) is 0 Å². The van der Waals surface area contributed by atoms with Gasteiger partial charge in [-0.15, -0.1) is 0 Å². The summed E-state index contributed by atoms with van der Waals surface area (Å²) in [5.41, 5.74) is 3.47. The number of aliphatic hydroxyl groups is 1. The van der Waals surface area contributed by atoms with Gasteiger partial charge in [-0.05, 0) is 74.6 Å². The van der Waals surface area contributed by atoms with Crippen molar-refractivity contribution >= 4 is 17.3 Å². The molecule has 0 bridgehead atoms. The topological polar surface area (TPSA) is 72.8 Å². The zero-order chi connectivity index (χ0) is 21.3. The summed E-state index contributed by atoms with van der Waals surface area (Å²) in [7, 11) is 0. The predicted molar refractivity (Wildman–Crippen MR) is 111 cm³/mol. The molecule has 1 unspecified atom stereocenters. The van der Waals surface area contributed by atoms with E-state index in [1.165, 1.54) is 12.2 Å². The molecule has 3 aliphatic rings. The summed E-state index contributed by atoms with van der Waals surface area (Å²) in [6, 6.07) is 9.23. The van der Waals surface area contributed by atoms with Gasteiger partial charge in [0.05, 0.1) is 16.5 Å². The maximum absolute atomic E-state index is 12.9. The first-order valence-electron chi connectivity index (χ1n) is 10.1. The lowest BCUT2D eigenvalue weighted by atomic mass is 9.80. The molecule has 152 valence electrons. The summed E-state index contributed by atoms with van der Waals surface area (Å²) in [6.45, 7) is 5.24. The molecule has 0 radical (unpaired) electrons. The van der Waals surface area contributed by atoms with Crippen LogP contribution in [0.4, 0.5) is 0 Å². The first-order valence-corrected chi connectivity index (χ1v) is 10.1. The molecule has 0 amide bonds. The molecule has 1 atom stereocenters. The lowest BCUT2D eigenvalue weighted by Gasteiger charge is -2.31. The van der Waals surface area contributed by atoms with Crippen LogP contribution in [-0.4, -0.2) is 16.9 Å². The Morgan fingerprint density at radius 2 is 1.97 bits per heavy atom. The Labute approximate surface area is 174 Å². The van der Waals surface area contributed by atoms with E-state index < -0.39 is 17.2 Å². The van der Waals surface area contributed by atoms with Crippen LogP contribution in [0.1, 0.15) is 59.8 Å². The molecule has 0 aromatic heterocycles. The quantitative estimate of drug-likeness (QED) is 0.569. The van der Waals surface area contributed by atoms with Crippen molar-refractivity contribution in [2.45, 2.75) is 39.4 Å². The normalized spacial score (nSPS) is 21.1. The van der Waals surface area contributed by atoms with Gasteiger partial charge >= 0.3 is 5.97 Å². The van der Waals surface area contributed by atoms with Gasteiger partial charge in [-0.25, -0.2) is 0 Å². The number of hydrogen-bond donors (Lipinski definition) is 1. The Morgan fingerprint density at radius 3 is 2.73 bits per heavy atom. The molecule has 5 heteroatoms. The summed E-state index contributed by atoms with van der Waals surface area (Å²) in [5.74, 6) is -1.93. The first-order chi connectivity index (χ1) is 14.2. The van der Waals surface area contributed by atoms with Crippen molar-refractivity contribution in [3.05, 3.63) is 76.4 Å². The number of esters is 1. The molecule has 1 N–H and O–H groups in total. The van der Waals surface area contributed by atoms with Crippen molar-refractivity contribution in [2.24, 2.45) is 5.41 Å². The van der Waals surface area contributed by atoms with Gasteiger partial charge in [0.2, 0.25) is 0 Å². The fourth-order valence-corrected chi connectivity index (χ4v) is 4.27. The third kappa shape index (κ3) is 2.66. The minimum absolute atomic E-state index is 0.132. The smallest absolute Gasteiger partial charge is 0.316 e. The molecule has 5 nitrogen and oxygen atoms in total. The zero-order valence-electron chi connectivity index (χ0n) is 17.1. The maximum atomic E-state index is 12.9. The second kappa shape index (κ2) is 6.16. The Bertz CT molecular complexity index is 1180. The number of allylic oxidation sites excluding steroid dienone is 2. The number of ether oxygens (including phenoxy) is 2. The van der Waals surface area contributed by atoms with Crippen molar-refractivity contribution in [2.75, 3.05) is 0 Å². The number of carbonyl (C=O) groups excluding carboxylic acids is 2. The van der Waals surface area contributed by atoms with E-state index in [4.69, 9.17) is 9.47 Å². The molecule has 0 spiro atoms. The average Bonchev–Trinajstić information content (AvgIpc) is 2.80. The fourth-order valence-electron chi connectivity index (χ4n) is 4.27. The molecule has 1 heterocycles. The number of fused-ring (bicyclic) bond motifs is 1. The van der Waals surface area contributed by atoms with E-state index in [9.17, 15) is 14.7 Å². The number of ketones is 1. The van der Waals surface area contributed by atoms with Crippen LogP contribution in [-0.2, 0) is 17.0 Å². The average molecular weight is 402 g/mol. The van der Waals surface area contributed by atoms with Crippen LogP contribution in [0, 0.1) is 5.41 Å². The summed E-state index contributed by atoms with van der Waals surface area (Å²) in [4.78, 5) is 25.4. The van der Waals surface area contributed by atoms with Gasteiger partial charge in [0, 0.05) is 5.56 Å². The molecule has 1 aliphatic heterocycles. The van der Waals surface area contributed by atoms with Crippen LogP contribution < -0.4 is 9.47 Å². The molecular weight excluding hydrogens is 380 g/mol. The van der Waals surface area contributed by atoms with Gasteiger partial charge < -0.3 is 14.6 Å². The van der Waals surface area contributed by atoms with Crippen molar-refractivity contribution < 1.29 is 24.2 Å². The van der Waals surface area contributed by atoms with E-state index in [-0.39, 0.29) is 17.1 Å². The number of benzene rings is 2. The number of carbonyl (C=O) groups is 2. The Morgan fingerprint density at radius 1 is 1.17 bits per heavy atom. The molecule has 2 aliphatic carbocycles. The molecule has 30 heavy (non-hydrogen) atoms. The Hall–Kier alpha value is -3.18. The highest BCUT2D eigenvalue weighted by molar-refractivity contribution is 6.11. The third-order valence-corrected chi connectivity index (χ3v) is 5.75. The van der Waals surface area contributed by atoms with Crippen molar-refractivity contribution in [3.63, 3.8) is 0 Å². The van der Waals surface area contributed by atoms with Crippen LogP contribution in [0.3, 0.4) is 0 Å². The molecular formula is C25H22O5. The molecule has 0 saturated carbocycles. The van der Waals surface area contributed by atoms with Gasteiger partial charge in [-0.1, -0.05) is 24.3 Å². The van der Waals surface area contributed by atoms with Gasteiger partial charge in [0.15, 0.2) is 5.78 Å². The third-order valence-electron chi connectivity index (χ3n) is 5.75. The SMILES string of the molecule is CC(C)(C)C(=O)Oc1ccc2c3c1C(=O)C=CC3(O)Oc1cccc3c1C2=CCC3. The van der Waals surface area contributed by atoms with Crippen LogP contribution in [0.5, 0.6) is 11.5 Å².